The van der Waals surface area contributed by atoms with Gasteiger partial charge in [-0.3, -0.25) is 0 Å². The van der Waals surface area contributed by atoms with Gasteiger partial charge in [0, 0.05) is 7.26 Å². The van der Waals surface area contributed by atoms with E-state index in [-0.39, 0.29) is 0 Å². The lowest BCUT2D eigenvalue weighted by Gasteiger charge is -2.28. The molecular formula is C19H41O3P. The molecule has 0 fully saturated rings. The Kier molecular flexibility index (Phi) is 19.6. The maximum Gasteiger partial charge on any atom is 0.249 e. The summed E-state index contributed by atoms with van der Waals surface area (Å²) < 4.78 is 0. The Hall–Kier alpha value is -0.300. The maximum atomic E-state index is 8.44. The summed E-state index contributed by atoms with van der Waals surface area (Å²) in [6.45, 7) is 9.43. The lowest BCUT2D eigenvalue weighted by Crippen LogP contribution is -2.17. The standard InChI is InChI=1S/C18H40P.CH2O3/c1-5-9-13-14-18-19(15-10-6-2,16-11-7-3)17-12-8-4;2-1(3)4/h5-18H2,1-4H3;(H2,2,3,4)/q+1;/p-1. The van der Waals surface area contributed by atoms with Crippen LogP contribution in [0.2, 0.25) is 0 Å². The maximum absolute atomic E-state index is 8.44. The fraction of sp³-hybridized carbons (Fsp3) is 0.947. The van der Waals surface area contributed by atoms with Gasteiger partial charge in [0.05, 0.1) is 24.6 Å². The third-order valence-electron chi connectivity index (χ3n) is 4.44. The van der Waals surface area contributed by atoms with Crippen molar-refractivity contribution in [1.29, 1.82) is 0 Å². The zero-order valence-corrected chi connectivity index (χ0v) is 17.0. The Morgan fingerprint density at radius 1 is 0.696 bits per heavy atom. The average molecular weight is 349 g/mol. The van der Waals surface area contributed by atoms with E-state index in [0.717, 1.165) is 0 Å². The largest absolute Gasteiger partial charge is 0.565 e. The van der Waals surface area contributed by atoms with Crippen molar-refractivity contribution in [3.63, 3.8) is 0 Å². The van der Waals surface area contributed by atoms with E-state index in [1.54, 1.807) is 24.6 Å². The van der Waals surface area contributed by atoms with Gasteiger partial charge in [-0.1, -0.05) is 59.8 Å². The van der Waals surface area contributed by atoms with E-state index in [9.17, 15) is 0 Å². The van der Waals surface area contributed by atoms with Crippen LogP contribution in [0.5, 0.6) is 0 Å². The topological polar surface area (TPSA) is 60.4 Å². The molecule has 0 rings (SSSR count). The molecule has 140 valence electrons. The number of unbranched alkanes of at least 4 members (excludes halogenated alkanes) is 6. The monoisotopic (exact) mass is 348 g/mol. The smallest absolute Gasteiger partial charge is 0.249 e. The Bertz CT molecular complexity index is 231. The Morgan fingerprint density at radius 3 is 1.30 bits per heavy atom. The van der Waals surface area contributed by atoms with Gasteiger partial charge in [0.25, 0.3) is 0 Å². The third-order valence-corrected chi connectivity index (χ3v) is 9.50. The molecular weight excluding hydrogens is 307 g/mol. The summed E-state index contributed by atoms with van der Waals surface area (Å²) >= 11 is 0. The molecule has 0 amide bonds. The molecule has 0 spiro atoms. The first kappa shape index (κ1) is 24.9. The minimum atomic E-state index is -2.08. The van der Waals surface area contributed by atoms with Gasteiger partial charge >= 0.3 is 0 Å². The van der Waals surface area contributed by atoms with E-state index >= 15 is 0 Å². The molecule has 0 aromatic heterocycles. The van der Waals surface area contributed by atoms with Gasteiger partial charge in [-0.05, 0) is 32.1 Å². The second-order valence-electron chi connectivity index (χ2n) is 6.62. The van der Waals surface area contributed by atoms with Gasteiger partial charge in [-0.2, -0.15) is 0 Å². The van der Waals surface area contributed by atoms with Crippen LogP contribution in [0, 0.1) is 0 Å². The van der Waals surface area contributed by atoms with E-state index in [1.165, 1.54) is 64.2 Å². The molecule has 23 heavy (non-hydrogen) atoms. The van der Waals surface area contributed by atoms with E-state index in [1.807, 2.05) is 0 Å². The summed E-state index contributed by atoms with van der Waals surface area (Å²) in [6.07, 6.45) is 18.9. The second kappa shape index (κ2) is 18.0. The van der Waals surface area contributed by atoms with E-state index in [0.29, 0.717) is 0 Å². The lowest BCUT2D eigenvalue weighted by molar-refractivity contribution is -0.275. The van der Waals surface area contributed by atoms with Gasteiger partial charge in [0.2, 0.25) is 6.16 Å². The minimum Gasteiger partial charge on any atom is -0.565 e. The molecule has 0 aliphatic carbocycles. The molecule has 0 aromatic carbocycles. The van der Waals surface area contributed by atoms with Gasteiger partial charge in [-0.25, -0.2) is 0 Å². The van der Waals surface area contributed by atoms with Gasteiger partial charge in [0.1, 0.15) is 0 Å². The molecule has 0 heterocycles. The molecule has 1 N–H and O–H groups in total. The summed E-state index contributed by atoms with van der Waals surface area (Å²) in [5.41, 5.74) is 0. The van der Waals surface area contributed by atoms with Gasteiger partial charge in [0.15, 0.2) is 0 Å². The first-order chi connectivity index (χ1) is 11.0. The number of hydrogen-bond acceptors (Lipinski definition) is 2. The van der Waals surface area contributed by atoms with Crippen LogP contribution in [0.3, 0.4) is 0 Å². The van der Waals surface area contributed by atoms with Crippen LogP contribution in [0.4, 0.5) is 4.79 Å². The fourth-order valence-corrected chi connectivity index (χ4v) is 8.22. The van der Waals surface area contributed by atoms with Gasteiger partial charge < -0.3 is 15.0 Å². The first-order valence-electron chi connectivity index (χ1n) is 9.73. The van der Waals surface area contributed by atoms with Crippen molar-refractivity contribution >= 4 is 13.4 Å². The quantitative estimate of drug-likeness (QED) is 0.315. The molecule has 0 saturated heterocycles. The highest BCUT2D eigenvalue weighted by Gasteiger charge is 2.34. The molecule has 0 aliphatic heterocycles. The molecule has 0 unspecified atom stereocenters. The zero-order chi connectivity index (χ0) is 18.0. The van der Waals surface area contributed by atoms with Crippen LogP contribution in [-0.2, 0) is 0 Å². The van der Waals surface area contributed by atoms with Crippen molar-refractivity contribution in [2.45, 2.75) is 91.9 Å². The fourth-order valence-electron chi connectivity index (χ4n) is 3.03. The predicted octanol–water partition coefficient (Wildman–Crippen LogP) is 5.87. The normalized spacial score (nSPS) is 11.0. The highest BCUT2D eigenvalue weighted by Crippen LogP contribution is 2.61. The summed E-state index contributed by atoms with van der Waals surface area (Å²) in [5.74, 6) is 0. The van der Waals surface area contributed by atoms with Crippen LogP contribution in [0.1, 0.15) is 91.9 Å². The van der Waals surface area contributed by atoms with Gasteiger partial charge in [-0.15, -0.1) is 0 Å². The lowest BCUT2D eigenvalue weighted by atomic mass is 10.2. The molecule has 0 aliphatic rings. The molecule has 0 atom stereocenters. The Labute approximate surface area is 145 Å². The van der Waals surface area contributed by atoms with E-state index < -0.39 is 13.4 Å². The summed E-state index contributed by atoms with van der Waals surface area (Å²) in [6, 6.07) is 0. The third kappa shape index (κ3) is 17.9. The molecule has 3 nitrogen and oxygen atoms in total. The number of carboxylic acid groups (broad SMARTS) is 2. The summed E-state index contributed by atoms with van der Waals surface area (Å²) in [4.78, 5) is 8.44. The van der Waals surface area contributed by atoms with Crippen LogP contribution in [0.15, 0.2) is 0 Å². The summed E-state index contributed by atoms with van der Waals surface area (Å²) in [5, 5.41) is 15.3. The number of carbonyl (C=O) groups is 1. The summed E-state index contributed by atoms with van der Waals surface area (Å²) in [7, 11) is -0.586. The zero-order valence-electron chi connectivity index (χ0n) is 16.1. The average Bonchev–Trinajstić information content (AvgIpc) is 2.52. The van der Waals surface area contributed by atoms with Crippen molar-refractivity contribution < 1.29 is 15.0 Å². The highest BCUT2D eigenvalue weighted by atomic mass is 31.2. The van der Waals surface area contributed by atoms with Crippen LogP contribution in [-0.4, -0.2) is 35.9 Å². The van der Waals surface area contributed by atoms with Crippen molar-refractivity contribution in [2.24, 2.45) is 0 Å². The molecule has 0 bridgehead atoms. The van der Waals surface area contributed by atoms with Crippen molar-refractivity contribution in [3.05, 3.63) is 0 Å². The van der Waals surface area contributed by atoms with Crippen LogP contribution >= 0.6 is 7.26 Å². The van der Waals surface area contributed by atoms with Crippen molar-refractivity contribution in [3.8, 4) is 0 Å². The second-order valence-corrected chi connectivity index (χ2v) is 11.1. The number of rotatable bonds is 14. The van der Waals surface area contributed by atoms with E-state index in [2.05, 4.69) is 27.7 Å². The van der Waals surface area contributed by atoms with Crippen LogP contribution in [0.25, 0.3) is 0 Å². The Morgan fingerprint density at radius 2 is 1.00 bits per heavy atom. The Balaban J connectivity index is 0. The molecule has 0 aromatic rings. The molecule has 4 heteroatoms. The highest BCUT2D eigenvalue weighted by molar-refractivity contribution is 7.75. The SMILES string of the molecule is CCCCCC[P+](CCCC)(CCCC)CCCC.O=C([O-])O. The molecule has 0 radical (unpaired) electrons. The predicted molar refractivity (Wildman–Crippen MR) is 103 cm³/mol. The van der Waals surface area contributed by atoms with Crippen molar-refractivity contribution in [1.82, 2.24) is 0 Å². The number of hydrogen-bond donors (Lipinski definition) is 1. The first-order valence-corrected chi connectivity index (χ1v) is 12.3. The van der Waals surface area contributed by atoms with E-state index in [4.69, 9.17) is 15.0 Å². The molecule has 0 saturated carbocycles. The van der Waals surface area contributed by atoms with Crippen LogP contribution < -0.4 is 5.11 Å². The minimum absolute atomic E-state index is 0.586. The van der Waals surface area contributed by atoms with Crippen molar-refractivity contribution in [2.75, 3.05) is 24.6 Å².